The van der Waals surface area contributed by atoms with Gasteiger partial charge >= 0.3 is 0 Å². The summed E-state index contributed by atoms with van der Waals surface area (Å²) < 4.78 is 0. The second-order valence-electron chi connectivity index (χ2n) is 5.26. The monoisotopic (exact) mass is 262 g/mol. The number of hydrogen-bond donors (Lipinski definition) is 2. The predicted molar refractivity (Wildman–Crippen MR) is 67.9 cm³/mol. The van der Waals surface area contributed by atoms with Crippen LogP contribution >= 0.6 is 0 Å². The first-order valence-corrected chi connectivity index (χ1v) is 6.81. The van der Waals surface area contributed by atoms with Gasteiger partial charge in [-0.25, -0.2) is 4.98 Å². The zero-order valence-electron chi connectivity index (χ0n) is 10.8. The lowest BCUT2D eigenvalue weighted by molar-refractivity contribution is -0.139. The van der Waals surface area contributed by atoms with E-state index in [0.29, 0.717) is 6.54 Å². The van der Waals surface area contributed by atoms with Crippen molar-refractivity contribution < 1.29 is 9.59 Å². The minimum absolute atomic E-state index is 0.0545. The summed E-state index contributed by atoms with van der Waals surface area (Å²) in [5.74, 6) is 0.293. The van der Waals surface area contributed by atoms with Gasteiger partial charge in [-0.1, -0.05) is 0 Å². The molecule has 2 aliphatic rings. The number of aromatic amines is 1. The fourth-order valence-electron chi connectivity index (χ4n) is 2.55. The zero-order chi connectivity index (χ0) is 13.2. The normalized spacial score (nSPS) is 22.5. The van der Waals surface area contributed by atoms with E-state index in [9.17, 15) is 9.59 Å². The number of rotatable bonds is 4. The molecule has 1 aliphatic heterocycles. The summed E-state index contributed by atoms with van der Waals surface area (Å²) in [5, 5.41) is 2.87. The van der Waals surface area contributed by atoms with Gasteiger partial charge < -0.3 is 15.2 Å². The third-order valence-corrected chi connectivity index (χ3v) is 3.77. The Morgan fingerprint density at radius 1 is 1.42 bits per heavy atom. The predicted octanol–water partition coefficient (Wildman–Crippen LogP) is 0.427. The fraction of sp³-hybridized carbons (Fsp3) is 0.615. The second-order valence-corrected chi connectivity index (χ2v) is 5.26. The molecule has 19 heavy (non-hydrogen) atoms. The molecule has 1 aromatic rings. The maximum absolute atomic E-state index is 12.2. The molecule has 6 nitrogen and oxygen atoms in total. The van der Waals surface area contributed by atoms with Gasteiger partial charge in [0.05, 0.1) is 18.6 Å². The smallest absolute Gasteiger partial charge is 0.243 e. The molecular formula is C13H18N4O2. The van der Waals surface area contributed by atoms with Gasteiger partial charge in [-0.15, -0.1) is 0 Å². The summed E-state index contributed by atoms with van der Waals surface area (Å²) in [6, 6.07) is -0.281. The Balaban J connectivity index is 1.57. The number of aromatic nitrogens is 2. The average Bonchev–Trinajstić information content (AvgIpc) is 2.94. The van der Waals surface area contributed by atoms with Crippen LogP contribution in [0.15, 0.2) is 12.5 Å². The van der Waals surface area contributed by atoms with Crippen LogP contribution in [0.25, 0.3) is 0 Å². The average molecular weight is 262 g/mol. The standard InChI is InChI=1S/C13H18N4O2/c18-12(15-7-10-6-14-8-16-10)11-2-1-5-17(11)13(19)9-3-4-9/h6,8-9,11H,1-5,7H2,(H,14,16)(H,15,18). The maximum Gasteiger partial charge on any atom is 0.243 e. The zero-order valence-corrected chi connectivity index (χ0v) is 10.8. The van der Waals surface area contributed by atoms with E-state index in [-0.39, 0.29) is 23.8 Å². The molecule has 0 aromatic carbocycles. The number of carbonyl (C=O) groups is 2. The van der Waals surface area contributed by atoms with Crippen LogP contribution in [0.3, 0.4) is 0 Å². The molecule has 1 aromatic heterocycles. The minimum atomic E-state index is -0.281. The van der Waals surface area contributed by atoms with Crippen molar-refractivity contribution in [3.8, 4) is 0 Å². The van der Waals surface area contributed by atoms with Crippen molar-refractivity contribution in [1.82, 2.24) is 20.2 Å². The van der Waals surface area contributed by atoms with Crippen molar-refractivity contribution in [3.63, 3.8) is 0 Å². The number of H-pyrrole nitrogens is 1. The Hall–Kier alpha value is -1.85. The highest BCUT2D eigenvalue weighted by Gasteiger charge is 2.40. The molecule has 3 rings (SSSR count). The number of hydrogen-bond acceptors (Lipinski definition) is 3. The summed E-state index contributed by atoms with van der Waals surface area (Å²) >= 11 is 0. The SMILES string of the molecule is O=C(NCc1cnc[nH]1)C1CCCN1C(=O)C1CC1. The van der Waals surface area contributed by atoms with Gasteiger partial charge in [0.1, 0.15) is 6.04 Å². The molecule has 102 valence electrons. The molecule has 0 spiro atoms. The first-order valence-electron chi connectivity index (χ1n) is 6.81. The van der Waals surface area contributed by atoms with Gasteiger partial charge in [0.15, 0.2) is 0 Å². The first kappa shape index (κ1) is 12.2. The first-order chi connectivity index (χ1) is 9.25. The second kappa shape index (κ2) is 5.03. The van der Waals surface area contributed by atoms with E-state index in [0.717, 1.165) is 37.9 Å². The maximum atomic E-state index is 12.2. The number of imidazole rings is 1. The Kier molecular flexibility index (Phi) is 3.23. The largest absolute Gasteiger partial charge is 0.349 e. The van der Waals surface area contributed by atoms with Crippen molar-refractivity contribution in [2.24, 2.45) is 5.92 Å². The quantitative estimate of drug-likeness (QED) is 0.826. The molecular weight excluding hydrogens is 244 g/mol. The fourth-order valence-corrected chi connectivity index (χ4v) is 2.55. The lowest BCUT2D eigenvalue weighted by atomic mass is 10.2. The van der Waals surface area contributed by atoms with E-state index < -0.39 is 0 Å². The topological polar surface area (TPSA) is 78.1 Å². The summed E-state index contributed by atoms with van der Waals surface area (Å²) in [6.07, 6.45) is 6.92. The van der Waals surface area contributed by atoms with Gasteiger partial charge in [0.2, 0.25) is 11.8 Å². The van der Waals surface area contributed by atoms with E-state index in [1.54, 1.807) is 17.4 Å². The van der Waals surface area contributed by atoms with E-state index in [1.807, 2.05) is 0 Å². The van der Waals surface area contributed by atoms with Crippen LogP contribution in [-0.2, 0) is 16.1 Å². The highest BCUT2D eigenvalue weighted by molar-refractivity contribution is 5.89. The van der Waals surface area contributed by atoms with Crippen molar-refractivity contribution in [1.29, 1.82) is 0 Å². The molecule has 0 bridgehead atoms. The number of amides is 2. The van der Waals surface area contributed by atoms with Crippen molar-refractivity contribution in [3.05, 3.63) is 18.2 Å². The van der Waals surface area contributed by atoms with Crippen LogP contribution < -0.4 is 5.32 Å². The van der Waals surface area contributed by atoms with Gasteiger partial charge in [-0.2, -0.15) is 0 Å². The molecule has 1 saturated heterocycles. The molecule has 6 heteroatoms. The summed E-state index contributed by atoms with van der Waals surface area (Å²) in [4.78, 5) is 32.8. The van der Waals surface area contributed by atoms with Crippen molar-refractivity contribution in [2.45, 2.75) is 38.3 Å². The van der Waals surface area contributed by atoms with E-state index in [4.69, 9.17) is 0 Å². The Morgan fingerprint density at radius 2 is 2.26 bits per heavy atom. The van der Waals surface area contributed by atoms with E-state index in [1.165, 1.54) is 0 Å². The lowest BCUT2D eigenvalue weighted by Crippen LogP contribution is -2.46. The molecule has 1 atom stereocenters. The van der Waals surface area contributed by atoms with Crippen LogP contribution in [0.2, 0.25) is 0 Å². The van der Waals surface area contributed by atoms with Crippen LogP contribution in [0.4, 0.5) is 0 Å². The van der Waals surface area contributed by atoms with Crippen LogP contribution in [0.5, 0.6) is 0 Å². The highest BCUT2D eigenvalue weighted by Crippen LogP contribution is 2.33. The van der Waals surface area contributed by atoms with Gasteiger partial charge in [-0.05, 0) is 25.7 Å². The molecule has 1 aliphatic carbocycles. The van der Waals surface area contributed by atoms with Crippen molar-refractivity contribution >= 4 is 11.8 Å². The van der Waals surface area contributed by atoms with Crippen LogP contribution in [0.1, 0.15) is 31.4 Å². The Morgan fingerprint density at radius 3 is 2.95 bits per heavy atom. The minimum Gasteiger partial charge on any atom is -0.349 e. The molecule has 2 fully saturated rings. The molecule has 2 amide bonds. The van der Waals surface area contributed by atoms with Crippen molar-refractivity contribution in [2.75, 3.05) is 6.54 Å². The van der Waals surface area contributed by atoms with Crippen LogP contribution in [-0.4, -0.2) is 39.3 Å². The molecule has 0 radical (unpaired) electrons. The summed E-state index contributed by atoms with van der Waals surface area (Å²) in [7, 11) is 0. The van der Waals surface area contributed by atoms with Gasteiger partial charge in [0, 0.05) is 18.7 Å². The Labute approximate surface area is 111 Å². The molecule has 2 heterocycles. The van der Waals surface area contributed by atoms with Crippen LogP contribution in [0, 0.1) is 5.92 Å². The highest BCUT2D eigenvalue weighted by atomic mass is 16.2. The molecule has 1 saturated carbocycles. The lowest BCUT2D eigenvalue weighted by Gasteiger charge is -2.23. The third kappa shape index (κ3) is 2.62. The Bertz CT molecular complexity index is 467. The molecule has 1 unspecified atom stereocenters. The number of carbonyl (C=O) groups excluding carboxylic acids is 2. The van der Waals surface area contributed by atoms with Gasteiger partial charge in [-0.3, -0.25) is 9.59 Å². The summed E-state index contributed by atoms with van der Waals surface area (Å²) in [5.41, 5.74) is 0.867. The molecule has 2 N–H and O–H groups in total. The number of nitrogens with one attached hydrogen (secondary N) is 2. The summed E-state index contributed by atoms with van der Waals surface area (Å²) in [6.45, 7) is 1.15. The number of nitrogens with zero attached hydrogens (tertiary/aromatic N) is 2. The third-order valence-electron chi connectivity index (χ3n) is 3.77. The van der Waals surface area contributed by atoms with E-state index in [2.05, 4.69) is 15.3 Å². The van der Waals surface area contributed by atoms with Gasteiger partial charge in [0.25, 0.3) is 0 Å². The number of likely N-dealkylation sites (tertiary alicyclic amines) is 1. The van der Waals surface area contributed by atoms with E-state index >= 15 is 0 Å².